The Bertz CT molecular complexity index is 462. The molecule has 0 aliphatic heterocycles. The maximum atomic E-state index is 4.63. The molecule has 2 aromatic rings. The second-order valence-corrected chi connectivity index (χ2v) is 4.60. The summed E-state index contributed by atoms with van der Waals surface area (Å²) in [6.45, 7) is 6.07. The Morgan fingerprint density at radius 2 is 2.12 bits per heavy atom. The third kappa shape index (κ3) is 2.49. The number of hydrogen-bond donors (Lipinski definition) is 1. The molecule has 1 heterocycles. The molecule has 0 radical (unpaired) electrons. The highest BCUT2D eigenvalue weighted by Crippen LogP contribution is 2.26. The van der Waals surface area contributed by atoms with E-state index < -0.39 is 0 Å². The zero-order chi connectivity index (χ0) is 11.4. The largest absolute Gasteiger partial charge is 0.311 e. The number of aromatic nitrogens is 1. The van der Waals surface area contributed by atoms with Crippen LogP contribution in [0, 0.1) is 6.92 Å². The van der Waals surface area contributed by atoms with Gasteiger partial charge in [-0.25, -0.2) is 4.98 Å². The molecule has 1 N–H and O–H groups in total. The zero-order valence-electron chi connectivity index (χ0n) is 9.66. The lowest BCUT2D eigenvalue weighted by atomic mass is 10.1. The molecule has 0 amide bonds. The van der Waals surface area contributed by atoms with Gasteiger partial charge in [0.15, 0.2) is 0 Å². The van der Waals surface area contributed by atoms with Crippen molar-refractivity contribution in [2.45, 2.75) is 20.4 Å². The number of nitrogens with one attached hydrogen (secondary N) is 1. The standard InChI is InChI=1S/C13H16N2S/c1-3-14-8-11-9-16-13(15-11)12-7-5-4-6-10(12)2/h4-7,9,14H,3,8H2,1-2H3. The average Bonchev–Trinajstić information content (AvgIpc) is 2.75. The summed E-state index contributed by atoms with van der Waals surface area (Å²) < 4.78 is 0. The molecule has 0 atom stereocenters. The van der Waals surface area contributed by atoms with Crippen molar-refractivity contribution in [2.24, 2.45) is 0 Å². The summed E-state index contributed by atoms with van der Waals surface area (Å²) in [5, 5.41) is 6.53. The molecule has 0 aliphatic rings. The van der Waals surface area contributed by atoms with E-state index in [-0.39, 0.29) is 0 Å². The first-order valence-electron chi connectivity index (χ1n) is 5.52. The SMILES string of the molecule is CCNCc1csc(-c2ccccc2C)n1. The highest BCUT2D eigenvalue weighted by atomic mass is 32.1. The third-order valence-corrected chi connectivity index (χ3v) is 3.41. The van der Waals surface area contributed by atoms with Gasteiger partial charge in [-0.1, -0.05) is 31.2 Å². The minimum atomic E-state index is 0.860. The summed E-state index contributed by atoms with van der Waals surface area (Å²) in [5.41, 5.74) is 3.66. The highest BCUT2D eigenvalue weighted by Gasteiger charge is 2.06. The molecule has 84 valence electrons. The molecule has 3 heteroatoms. The minimum Gasteiger partial charge on any atom is -0.311 e. The van der Waals surface area contributed by atoms with Crippen molar-refractivity contribution >= 4 is 11.3 Å². The summed E-state index contributed by atoms with van der Waals surface area (Å²) in [5.74, 6) is 0. The number of aryl methyl sites for hydroxylation is 1. The van der Waals surface area contributed by atoms with Gasteiger partial charge in [-0.2, -0.15) is 0 Å². The second kappa shape index (κ2) is 5.23. The maximum Gasteiger partial charge on any atom is 0.123 e. The van der Waals surface area contributed by atoms with Crippen molar-refractivity contribution in [1.29, 1.82) is 0 Å². The second-order valence-electron chi connectivity index (χ2n) is 3.74. The molecular weight excluding hydrogens is 216 g/mol. The average molecular weight is 232 g/mol. The Morgan fingerprint density at radius 3 is 2.88 bits per heavy atom. The summed E-state index contributed by atoms with van der Waals surface area (Å²) in [6.07, 6.45) is 0. The fourth-order valence-corrected chi connectivity index (χ4v) is 2.49. The molecule has 0 spiro atoms. The Labute approximate surface area is 100 Å². The molecular formula is C13H16N2S. The van der Waals surface area contributed by atoms with Gasteiger partial charge in [0.1, 0.15) is 5.01 Å². The Hall–Kier alpha value is -1.19. The summed E-state index contributed by atoms with van der Waals surface area (Å²) in [6, 6.07) is 8.38. The number of nitrogens with zero attached hydrogens (tertiary/aromatic N) is 1. The van der Waals surface area contributed by atoms with E-state index in [0.29, 0.717) is 0 Å². The fraction of sp³-hybridized carbons (Fsp3) is 0.308. The highest BCUT2D eigenvalue weighted by molar-refractivity contribution is 7.13. The first-order valence-corrected chi connectivity index (χ1v) is 6.40. The van der Waals surface area contributed by atoms with Crippen molar-refractivity contribution in [3.8, 4) is 10.6 Å². The van der Waals surface area contributed by atoms with E-state index in [4.69, 9.17) is 0 Å². The van der Waals surface area contributed by atoms with Crippen LogP contribution in [-0.2, 0) is 6.54 Å². The molecule has 2 nitrogen and oxygen atoms in total. The van der Waals surface area contributed by atoms with Crippen LogP contribution in [0.3, 0.4) is 0 Å². The van der Waals surface area contributed by atoms with Crippen LogP contribution in [0.2, 0.25) is 0 Å². The van der Waals surface area contributed by atoms with Gasteiger partial charge in [0.2, 0.25) is 0 Å². The van der Waals surface area contributed by atoms with Crippen molar-refractivity contribution < 1.29 is 0 Å². The van der Waals surface area contributed by atoms with E-state index in [1.165, 1.54) is 11.1 Å². The van der Waals surface area contributed by atoms with E-state index >= 15 is 0 Å². The quantitative estimate of drug-likeness (QED) is 0.875. The molecule has 0 fully saturated rings. The number of benzene rings is 1. The lowest BCUT2D eigenvalue weighted by molar-refractivity contribution is 0.715. The third-order valence-electron chi connectivity index (χ3n) is 2.48. The van der Waals surface area contributed by atoms with Crippen LogP contribution < -0.4 is 5.32 Å². The summed E-state index contributed by atoms with van der Waals surface area (Å²) in [7, 11) is 0. The molecule has 1 aromatic carbocycles. The summed E-state index contributed by atoms with van der Waals surface area (Å²) >= 11 is 1.72. The van der Waals surface area contributed by atoms with Gasteiger partial charge in [0.05, 0.1) is 5.69 Å². The molecule has 0 aliphatic carbocycles. The lowest BCUT2D eigenvalue weighted by Gasteiger charge is -2.00. The molecule has 0 unspecified atom stereocenters. The van der Waals surface area contributed by atoms with Crippen molar-refractivity contribution in [3.63, 3.8) is 0 Å². The smallest absolute Gasteiger partial charge is 0.123 e. The van der Waals surface area contributed by atoms with Crippen molar-refractivity contribution in [1.82, 2.24) is 10.3 Å². The number of rotatable bonds is 4. The maximum absolute atomic E-state index is 4.63. The predicted octanol–water partition coefficient (Wildman–Crippen LogP) is 3.23. The van der Waals surface area contributed by atoms with Crippen LogP contribution in [0.15, 0.2) is 29.6 Å². The van der Waals surface area contributed by atoms with Crippen LogP contribution in [-0.4, -0.2) is 11.5 Å². The van der Waals surface area contributed by atoms with Gasteiger partial charge in [0, 0.05) is 17.5 Å². The number of thiazole rings is 1. The van der Waals surface area contributed by atoms with Gasteiger partial charge in [-0.3, -0.25) is 0 Å². The van der Waals surface area contributed by atoms with Crippen LogP contribution in [0.4, 0.5) is 0 Å². The van der Waals surface area contributed by atoms with Gasteiger partial charge in [-0.05, 0) is 19.0 Å². The normalized spacial score (nSPS) is 10.6. The topological polar surface area (TPSA) is 24.9 Å². The van der Waals surface area contributed by atoms with Crippen LogP contribution in [0.5, 0.6) is 0 Å². The van der Waals surface area contributed by atoms with Gasteiger partial charge in [0.25, 0.3) is 0 Å². The van der Waals surface area contributed by atoms with Crippen LogP contribution in [0.1, 0.15) is 18.2 Å². The number of hydrogen-bond acceptors (Lipinski definition) is 3. The van der Waals surface area contributed by atoms with Crippen molar-refractivity contribution in [3.05, 3.63) is 40.9 Å². The molecule has 2 rings (SSSR count). The van der Waals surface area contributed by atoms with E-state index in [0.717, 1.165) is 23.8 Å². The molecule has 0 saturated carbocycles. The first-order chi connectivity index (χ1) is 7.81. The lowest BCUT2D eigenvalue weighted by Crippen LogP contribution is -2.11. The van der Waals surface area contributed by atoms with E-state index in [1.807, 2.05) is 0 Å². The molecule has 0 saturated heterocycles. The Kier molecular flexibility index (Phi) is 3.70. The molecule has 1 aromatic heterocycles. The first kappa shape index (κ1) is 11.3. The van der Waals surface area contributed by atoms with E-state index in [9.17, 15) is 0 Å². The van der Waals surface area contributed by atoms with Gasteiger partial charge < -0.3 is 5.32 Å². The minimum absolute atomic E-state index is 0.860. The van der Waals surface area contributed by atoms with Crippen LogP contribution >= 0.6 is 11.3 Å². The summed E-state index contributed by atoms with van der Waals surface area (Å²) in [4.78, 5) is 4.63. The fourth-order valence-electron chi connectivity index (χ4n) is 1.58. The molecule has 0 bridgehead atoms. The van der Waals surface area contributed by atoms with Gasteiger partial charge in [-0.15, -0.1) is 11.3 Å². The molecule has 16 heavy (non-hydrogen) atoms. The Balaban J connectivity index is 2.22. The Morgan fingerprint density at radius 1 is 1.31 bits per heavy atom. The predicted molar refractivity (Wildman–Crippen MR) is 69.7 cm³/mol. The van der Waals surface area contributed by atoms with Crippen molar-refractivity contribution in [2.75, 3.05) is 6.54 Å². The van der Waals surface area contributed by atoms with E-state index in [1.54, 1.807) is 11.3 Å². The van der Waals surface area contributed by atoms with E-state index in [2.05, 4.69) is 53.8 Å². The van der Waals surface area contributed by atoms with Crippen LogP contribution in [0.25, 0.3) is 10.6 Å². The zero-order valence-corrected chi connectivity index (χ0v) is 10.5. The van der Waals surface area contributed by atoms with Gasteiger partial charge >= 0.3 is 0 Å². The monoisotopic (exact) mass is 232 g/mol.